The highest BCUT2D eigenvalue weighted by atomic mass is 35.5. The maximum Gasteiger partial charge on any atom is 0.253 e. The average Bonchev–Trinajstić information content (AvgIpc) is 3.41. The lowest BCUT2D eigenvalue weighted by molar-refractivity contribution is -0.131. The third-order valence-corrected chi connectivity index (χ3v) is 10.5. The Hall–Kier alpha value is -1.98. The van der Waals surface area contributed by atoms with E-state index in [0.717, 1.165) is 15.6 Å². The fraction of sp³-hybridized carbons (Fsp3) is 0.300. The number of sulfonamides is 1. The van der Waals surface area contributed by atoms with Gasteiger partial charge in [0.25, 0.3) is 10.0 Å². The molecule has 1 fully saturated rings. The molecule has 1 aromatic carbocycles. The molecule has 1 saturated heterocycles. The minimum atomic E-state index is -3.85. The van der Waals surface area contributed by atoms with Crippen LogP contribution in [-0.4, -0.2) is 49.0 Å². The molecule has 1 atom stereocenters. The summed E-state index contributed by atoms with van der Waals surface area (Å²) >= 11 is 8.62. The van der Waals surface area contributed by atoms with Crippen LogP contribution >= 0.6 is 34.3 Å². The van der Waals surface area contributed by atoms with Crippen molar-refractivity contribution in [1.29, 1.82) is 5.41 Å². The van der Waals surface area contributed by atoms with E-state index in [1.54, 1.807) is 30.0 Å². The molecule has 3 aromatic rings. The maximum absolute atomic E-state index is 13.4. The van der Waals surface area contributed by atoms with Gasteiger partial charge in [0.2, 0.25) is 5.91 Å². The molecule has 0 saturated carbocycles. The van der Waals surface area contributed by atoms with E-state index in [0.29, 0.717) is 35.0 Å². The monoisotopic (exact) mass is 496 g/mol. The number of nitrogens with two attached hydrogens (primary N) is 1. The molecule has 1 aliphatic rings. The zero-order chi connectivity index (χ0) is 22.5. The highest BCUT2D eigenvalue weighted by Crippen LogP contribution is 2.37. The Morgan fingerprint density at radius 3 is 2.81 bits per heavy atom. The fourth-order valence-corrected chi connectivity index (χ4v) is 7.94. The second-order valence-corrected chi connectivity index (χ2v) is 12.1. The smallest absolute Gasteiger partial charge is 0.253 e. The topological polar surface area (TPSA) is 108 Å². The molecule has 11 heteroatoms. The zero-order valence-electron chi connectivity index (χ0n) is 16.9. The van der Waals surface area contributed by atoms with Gasteiger partial charge in [0.15, 0.2) is 0 Å². The molecule has 1 aliphatic heterocycles. The quantitative estimate of drug-likeness (QED) is 0.401. The maximum atomic E-state index is 13.4. The molecule has 0 unspecified atom stereocenters. The van der Waals surface area contributed by atoms with Crippen LogP contribution in [0.15, 0.2) is 33.9 Å². The van der Waals surface area contributed by atoms with Crippen LogP contribution in [0.4, 0.5) is 0 Å². The molecular weight excluding hydrogens is 476 g/mol. The number of amidine groups is 1. The lowest BCUT2D eigenvalue weighted by atomic mass is 10.2. The van der Waals surface area contributed by atoms with Crippen LogP contribution in [0.2, 0.25) is 5.02 Å². The van der Waals surface area contributed by atoms with Gasteiger partial charge in [-0.2, -0.15) is 4.31 Å². The van der Waals surface area contributed by atoms with E-state index in [1.165, 1.54) is 34.0 Å². The van der Waals surface area contributed by atoms with Crippen molar-refractivity contribution in [1.82, 2.24) is 9.21 Å². The summed E-state index contributed by atoms with van der Waals surface area (Å²) in [4.78, 5) is 15.3. The summed E-state index contributed by atoms with van der Waals surface area (Å²) in [6, 6.07) is 6.36. The summed E-state index contributed by atoms with van der Waals surface area (Å²) < 4.78 is 29.0. The number of rotatable bonds is 6. The fourth-order valence-electron chi connectivity index (χ4n) is 3.75. The standard InChI is InChI=1S/C20H21ClN4O3S3/c1-11-14-8-13(21)3-4-16(14)30-20(11)31(27,28)24(2)15-5-6-25(19(15)26)9-12-7-17(18(22)23)29-10-12/h3-4,7-8,10,15H,5-6,9H2,1-2H3,(H3,22,23)/t15-/m0/s1. The number of hydrogen-bond acceptors (Lipinski definition) is 6. The van der Waals surface area contributed by atoms with E-state index in [4.69, 9.17) is 22.7 Å². The van der Waals surface area contributed by atoms with Crippen molar-refractivity contribution in [3.05, 3.63) is 50.7 Å². The van der Waals surface area contributed by atoms with Crippen molar-refractivity contribution < 1.29 is 13.2 Å². The van der Waals surface area contributed by atoms with Gasteiger partial charge in [0.05, 0.1) is 4.88 Å². The van der Waals surface area contributed by atoms with Gasteiger partial charge in [-0.25, -0.2) is 8.42 Å². The highest BCUT2D eigenvalue weighted by molar-refractivity contribution is 7.91. The van der Waals surface area contributed by atoms with Gasteiger partial charge in [0, 0.05) is 29.9 Å². The van der Waals surface area contributed by atoms with Gasteiger partial charge >= 0.3 is 0 Å². The summed E-state index contributed by atoms with van der Waals surface area (Å²) in [5, 5.41) is 10.7. The first-order valence-corrected chi connectivity index (χ1v) is 13.0. The average molecular weight is 497 g/mol. The summed E-state index contributed by atoms with van der Waals surface area (Å²) in [6.45, 7) is 2.60. The van der Waals surface area contributed by atoms with E-state index in [-0.39, 0.29) is 16.0 Å². The molecule has 0 aliphatic carbocycles. The second kappa shape index (κ2) is 8.18. The Kier molecular flexibility index (Phi) is 5.86. The molecule has 164 valence electrons. The Morgan fingerprint density at radius 2 is 2.13 bits per heavy atom. The lowest BCUT2D eigenvalue weighted by Gasteiger charge is -2.23. The predicted octanol–water partition coefficient (Wildman–Crippen LogP) is 3.63. The van der Waals surface area contributed by atoms with Crippen LogP contribution < -0.4 is 5.73 Å². The van der Waals surface area contributed by atoms with E-state index in [2.05, 4.69) is 0 Å². The number of carbonyl (C=O) groups is 1. The van der Waals surface area contributed by atoms with Crippen molar-refractivity contribution in [3.8, 4) is 0 Å². The molecule has 3 N–H and O–H groups in total. The minimum absolute atomic E-state index is 0.00677. The number of aryl methyl sites for hydroxylation is 1. The third-order valence-electron chi connectivity index (χ3n) is 5.47. The van der Waals surface area contributed by atoms with E-state index < -0.39 is 16.1 Å². The largest absolute Gasteiger partial charge is 0.383 e. The molecule has 0 radical (unpaired) electrons. The Morgan fingerprint density at radius 1 is 1.39 bits per heavy atom. The summed E-state index contributed by atoms with van der Waals surface area (Å²) in [5.74, 6) is -0.226. The van der Waals surface area contributed by atoms with Crippen LogP contribution in [-0.2, 0) is 21.4 Å². The van der Waals surface area contributed by atoms with Crippen molar-refractivity contribution >= 4 is 66.1 Å². The van der Waals surface area contributed by atoms with Crippen LogP contribution in [0, 0.1) is 12.3 Å². The summed E-state index contributed by atoms with van der Waals surface area (Å²) in [5.41, 5.74) is 7.04. The number of halogens is 1. The van der Waals surface area contributed by atoms with Crippen LogP contribution in [0.25, 0.3) is 10.1 Å². The Bertz CT molecular complexity index is 1300. The third kappa shape index (κ3) is 3.98. The number of benzene rings is 1. The number of fused-ring (bicyclic) bond motifs is 1. The molecule has 3 heterocycles. The van der Waals surface area contributed by atoms with Crippen LogP contribution in [0.3, 0.4) is 0 Å². The van der Waals surface area contributed by atoms with Crippen molar-refractivity contribution in [2.75, 3.05) is 13.6 Å². The summed E-state index contributed by atoms with van der Waals surface area (Å²) in [7, 11) is -2.38. The number of likely N-dealkylation sites (N-methyl/N-ethyl adjacent to an activating group) is 1. The molecule has 7 nitrogen and oxygen atoms in total. The van der Waals surface area contributed by atoms with E-state index in [1.807, 2.05) is 11.4 Å². The molecule has 31 heavy (non-hydrogen) atoms. The van der Waals surface area contributed by atoms with Crippen LogP contribution in [0.5, 0.6) is 0 Å². The number of nitrogens with one attached hydrogen (secondary N) is 1. The van der Waals surface area contributed by atoms with Gasteiger partial charge < -0.3 is 10.6 Å². The lowest BCUT2D eigenvalue weighted by Crippen LogP contribution is -2.42. The number of likely N-dealkylation sites (tertiary alicyclic amines) is 1. The summed E-state index contributed by atoms with van der Waals surface area (Å²) in [6.07, 6.45) is 0.425. The van der Waals surface area contributed by atoms with Gasteiger partial charge in [-0.3, -0.25) is 10.2 Å². The van der Waals surface area contributed by atoms with Gasteiger partial charge in [-0.1, -0.05) is 11.6 Å². The first kappa shape index (κ1) is 22.2. The first-order valence-electron chi connectivity index (χ1n) is 9.47. The Labute approximate surface area is 193 Å². The number of nitrogens with zero attached hydrogens (tertiary/aromatic N) is 2. The van der Waals surface area contributed by atoms with Crippen LogP contribution in [0.1, 0.15) is 22.4 Å². The second-order valence-electron chi connectivity index (χ2n) is 7.47. The molecular formula is C20H21ClN4O3S3. The number of thiophene rings is 2. The number of amides is 1. The van der Waals surface area contributed by atoms with Gasteiger partial charge in [-0.05, 0) is 59.5 Å². The van der Waals surface area contributed by atoms with Gasteiger partial charge in [-0.15, -0.1) is 22.7 Å². The van der Waals surface area contributed by atoms with Crippen molar-refractivity contribution in [3.63, 3.8) is 0 Å². The van der Waals surface area contributed by atoms with E-state index >= 15 is 0 Å². The predicted molar refractivity (Wildman–Crippen MR) is 126 cm³/mol. The SMILES string of the molecule is Cc1c(S(=O)(=O)N(C)[C@H]2CCN(Cc3csc(C(=N)N)c3)C2=O)sc2ccc(Cl)cc12. The number of nitrogen functional groups attached to an aromatic ring is 1. The van der Waals surface area contributed by atoms with Gasteiger partial charge in [0.1, 0.15) is 16.1 Å². The normalized spacial score (nSPS) is 17.2. The number of carbonyl (C=O) groups excluding carboxylic acids is 1. The molecule has 4 rings (SSSR count). The molecule has 0 bridgehead atoms. The molecule has 0 spiro atoms. The minimum Gasteiger partial charge on any atom is -0.383 e. The molecule has 1 amide bonds. The molecule has 2 aromatic heterocycles. The van der Waals surface area contributed by atoms with E-state index in [9.17, 15) is 13.2 Å². The Balaban J connectivity index is 1.56. The first-order chi connectivity index (χ1) is 14.6. The van der Waals surface area contributed by atoms with Crippen molar-refractivity contribution in [2.45, 2.75) is 30.1 Å². The number of hydrogen-bond donors (Lipinski definition) is 2. The van der Waals surface area contributed by atoms with Crippen molar-refractivity contribution in [2.24, 2.45) is 5.73 Å². The zero-order valence-corrected chi connectivity index (χ0v) is 20.1. The highest BCUT2D eigenvalue weighted by Gasteiger charge is 2.41.